The van der Waals surface area contributed by atoms with Crippen molar-refractivity contribution in [1.82, 2.24) is 14.5 Å². The molecule has 1 saturated heterocycles. The van der Waals surface area contributed by atoms with E-state index in [2.05, 4.69) is 9.55 Å². The summed E-state index contributed by atoms with van der Waals surface area (Å²) >= 11 is 0. The molecule has 0 radical (unpaired) electrons. The molecule has 5 rings (SSSR count). The Balaban J connectivity index is 1.53. The van der Waals surface area contributed by atoms with Crippen molar-refractivity contribution < 1.29 is 18.3 Å². The van der Waals surface area contributed by atoms with Gasteiger partial charge in [0.1, 0.15) is 11.5 Å². The maximum atomic E-state index is 13.5. The van der Waals surface area contributed by atoms with Crippen molar-refractivity contribution in [3.05, 3.63) is 54.3 Å². The van der Waals surface area contributed by atoms with Crippen LogP contribution in [0.1, 0.15) is 48.7 Å². The fourth-order valence-corrected chi connectivity index (χ4v) is 4.56. The van der Waals surface area contributed by atoms with Crippen molar-refractivity contribution in [1.29, 1.82) is 0 Å². The van der Waals surface area contributed by atoms with E-state index in [0.29, 0.717) is 43.9 Å². The zero-order chi connectivity index (χ0) is 21.2. The second-order valence-corrected chi connectivity index (χ2v) is 8.22. The molecule has 3 aromatic rings. The van der Waals surface area contributed by atoms with Crippen molar-refractivity contribution in [2.45, 2.75) is 38.1 Å². The fourth-order valence-electron chi connectivity index (χ4n) is 4.56. The number of rotatable bonds is 4. The smallest absolute Gasteiger partial charge is 0.289 e. The Kier molecular flexibility index (Phi) is 5.59. The van der Waals surface area contributed by atoms with Gasteiger partial charge in [-0.15, -0.1) is 0 Å². The van der Waals surface area contributed by atoms with E-state index in [9.17, 15) is 9.18 Å². The molecule has 1 amide bonds. The lowest BCUT2D eigenvalue weighted by molar-refractivity contribution is 0.0283. The molecular formula is C24H26FN3O3. The van der Waals surface area contributed by atoms with Gasteiger partial charge >= 0.3 is 0 Å². The standard InChI is InChI=1S/C24H26FN3O3/c25-18-8-6-17(7-9-18)22-23(28(16-26-22)19-4-2-1-3-5-19)20-10-11-21(31-20)24(29)27-12-14-30-15-13-27/h6-11,16,19H,1-5,12-15H2. The Hall–Kier alpha value is -2.93. The van der Waals surface area contributed by atoms with Crippen molar-refractivity contribution in [2.75, 3.05) is 26.3 Å². The number of carbonyl (C=O) groups is 1. The van der Waals surface area contributed by atoms with Crippen LogP contribution in [0.2, 0.25) is 0 Å². The summed E-state index contributed by atoms with van der Waals surface area (Å²) in [4.78, 5) is 19.3. The number of carbonyl (C=O) groups excluding carboxylic acids is 1. The molecule has 2 aromatic heterocycles. The quantitative estimate of drug-likeness (QED) is 0.597. The number of benzene rings is 1. The van der Waals surface area contributed by atoms with E-state index in [0.717, 1.165) is 29.8 Å². The lowest BCUT2D eigenvalue weighted by atomic mass is 9.95. The minimum atomic E-state index is -0.284. The van der Waals surface area contributed by atoms with E-state index in [1.54, 1.807) is 23.1 Å². The number of imidazole rings is 1. The molecule has 2 fully saturated rings. The Morgan fingerprint density at radius 3 is 2.48 bits per heavy atom. The molecule has 3 heterocycles. The molecule has 1 aliphatic heterocycles. The summed E-state index contributed by atoms with van der Waals surface area (Å²) in [6.45, 7) is 2.22. The minimum absolute atomic E-state index is 0.124. The third-order valence-electron chi connectivity index (χ3n) is 6.23. The Morgan fingerprint density at radius 1 is 1.00 bits per heavy atom. The number of morpholine rings is 1. The number of furan rings is 1. The van der Waals surface area contributed by atoms with Crippen molar-refractivity contribution >= 4 is 5.91 Å². The first-order valence-electron chi connectivity index (χ1n) is 11.0. The summed E-state index contributed by atoms with van der Waals surface area (Å²) in [5.41, 5.74) is 2.41. The van der Waals surface area contributed by atoms with Crippen LogP contribution in [0.15, 0.2) is 47.1 Å². The average Bonchev–Trinajstić information content (AvgIpc) is 3.48. The van der Waals surface area contributed by atoms with Gasteiger partial charge in [0, 0.05) is 24.7 Å². The first kappa shape index (κ1) is 20.0. The number of amides is 1. The summed E-state index contributed by atoms with van der Waals surface area (Å²) in [7, 11) is 0. The molecule has 0 spiro atoms. The molecule has 0 bridgehead atoms. The highest BCUT2D eigenvalue weighted by atomic mass is 19.1. The highest BCUT2D eigenvalue weighted by Gasteiger charge is 2.26. The second-order valence-electron chi connectivity index (χ2n) is 8.22. The van der Waals surface area contributed by atoms with Crippen LogP contribution in [0.25, 0.3) is 22.7 Å². The summed E-state index contributed by atoms with van der Waals surface area (Å²) in [5, 5.41) is 0. The van der Waals surface area contributed by atoms with Crippen LogP contribution in [-0.4, -0.2) is 46.7 Å². The molecule has 1 saturated carbocycles. The third-order valence-corrected chi connectivity index (χ3v) is 6.23. The number of nitrogens with zero attached hydrogens (tertiary/aromatic N) is 3. The zero-order valence-corrected chi connectivity index (χ0v) is 17.4. The lowest BCUT2D eigenvalue weighted by Crippen LogP contribution is -2.40. The fraction of sp³-hybridized carbons (Fsp3) is 0.417. The normalized spacial score (nSPS) is 17.8. The van der Waals surface area contributed by atoms with Crippen LogP contribution in [0.3, 0.4) is 0 Å². The van der Waals surface area contributed by atoms with Crippen LogP contribution in [0, 0.1) is 5.82 Å². The maximum Gasteiger partial charge on any atom is 0.289 e. The van der Waals surface area contributed by atoms with Gasteiger partial charge in [-0.25, -0.2) is 9.37 Å². The predicted octanol–water partition coefficient (Wildman–Crippen LogP) is 4.93. The summed E-state index contributed by atoms with van der Waals surface area (Å²) < 4.78 is 27.1. The van der Waals surface area contributed by atoms with E-state index in [1.165, 1.54) is 31.4 Å². The summed E-state index contributed by atoms with van der Waals surface area (Å²) in [6.07, 6.45) is 7.67. The van der Waals surface area contributed by atoms with Crippen molar-refractivity contribution in [2.24, 2.45) is 0 Å². The number of ether oxygens (including phenoxy) is 1. The first-order chi connectivity index (χ1) is 15.2. The monoisotopic (exact) mass is 423 g/mol. The molecule has 1 aromatic carbocycles. The van der Waals surface area contributed by atoms with Crippen LogP contribution in [-0.2, 0) is 4.74 Å². The van der Waals surface area contributed by atoms with Gasteiger partial charge in [0.15, 0.2) is 11.5 Å². The molecule has 7 heteroatoms. The topological polar surface area (TPSA) is 60.5 Å². The molecule has 6 nitrogen and oxygen atoms in total. The van der Waals surface area contributed by atoms with Crippen molar-refractivity contribution in [3.63, 3.8) is 0 Å². The van der Waals surface area contributed by atoms with Gasteiger partial charge in [0.2, 0.25) is 0 Å². The Morgan fingerprint density at radius 2 is 1.74 bits per heavy atom. The van der Waals surface area contributed by atoms with Gasteiger partial charge in [-0.05, 0) is 49.2 Å². The zero-order valence-electron chi connectivity index (χ0n) is 17.4. The molecule has 0 atom stereocenters. The highest BCUT2D eigenvalue weighted by Crippen LogP contribution is 2.38. The minimum Gasteiger partial charge on any atom is -0.449 e. The maximum absolute atomic E-state index is 13.5. The molecule has 2 aliphatic rings. The summed E-state index contributed by atoms with van der Waals surface area (Å²) in [5.74, 6) is 0.521. The second kappa shape index (κ2) is 8.67. The molecule has 0 unspecified atom stereocenters. The SMILES string of the molecule is O=C(c1ccc(-c2c(-c3ccc(F)cc3)ncn2C2CCCCC2)o1)N1CCOCC1. The molecule has 1 aliphatic carbocycles. The predicted molar refractivity (Wildman–Crippen MR) is 114 cm³/mol. The molecule has 162 valence electrons. The highest BCUT2D eigenvalue weighted by molar-refractivity contribution is 5.92. The van der Waals surface area contributed by atoms with Gasteiger partial charge < -0.3 is 18.6 Å². The average molecular weight is 423 g/mol. The van der Waals surface area contributed by atoms with E-state index in [-0.39, 0.29) is 11.7 Å². The van der Waals surface area contributed by atoms with Gasteiger partial charge in [-0.2, -0.15) is 0 Å². The van der Waals surface area contributed by atoms with Gasteiger partial charge in [0.25, 0.3) is 5.91 Å². The van der Waals surface area contributed by atoms with Gasteiger partial charge in [-0.1, -0.05) is 19.3 Å². The van der Waals surface area contributed by atoms with Crippen LogP contribution in [0.5, 0.6) is 0 Å². The largest absolute Gasteiger partial charge is 0.449 e. The van der Waals surface area contributed by atoms with E-state index in [1.807, 2.05) is 12.4 Å². The summed E-state index contributed by atoms with van der Waals surface area (Å²) in [6, 6.07) is 10.3. The Bertz CT molecular complexity index is 1040. The van der Waals surface area contributed by atoms with Crippen molar-refractivity contribution in [3.8, 4) is 22.7 Å². The molecule has 0 N–H and O–H groups in total. The molecule has 31 heavy (non-hydrogen) atoms. The number of halogens is 1. The Labute approximate surface area is 180 Å². The van der Waals surface area contributed by atoms with Crippen LogP contribution >= 0.6 is 0 Å². The number of aromatic nitrogens is 2. The van der Waals surface area contributed by atoms with E-state index < -0.39 is 0 Å². The number of hydrogen-bond donors (Lipinski definition) is 0. The number of hydrogen-bond acceptors (Lipinski definition) is 4. The van der Waals surface area contributed by atoms with Gasteiger partial charge in [-0.3, -0.25) is 4.79 Å². The molecular weight excluding hydrogens is 397 g/mol. The lowest BCUT2D eigenvalue weighted by Gasteiger charge is -2.26. The van der Waals surface area contributed by atoms with E-state index >= 15 is 0 Å². The first-order valence-corrected chi connectivity index (χ1v) is 11.0. The van der Waals surface area contributed by atoms with Crippen LogP contribution in [0.4, 0.5) is 4.39 Å². The van der Waals surface area contributed by atoms with Crippen LogP contribution < -0.4 is 0 Å². The van der Waals surface area contributed by atoms with Gasteiger partial charge in [0.05, 0.1) is 25.2 Å². The third kappa shape index (κ3) is 4.02. The van der Waals surface area contributed by atoms with E-state index in [4.69, 9.17) is 9.15 Å².